The van der Waals surface area contributed by atoms with Crippen molar-refractivity contribution >= 4 is 11.5 Å². The molecule has 2 heterocycles. The summed E-state index contributed by atoms with van der Waals surface area (Å²) in [6.45, 7) is 5.77. The van der Waals surface area contributed by atoms with Gasteiger partial charge in [-0.1, -0.05) is 43.3 Å². The quantitative estimate of drug-likeness (QED) is 0.569. The summed E-state index contributed by atoms with van der Waals surface area (Å²) in [6.07, 6.45) is -0.483. The van der Waals surface area contributed by atoms with Gasteiger partial charge < -0.3 is 10.1 Å². The zero-order chi connectivity index (χ0) is 20.3. The third kappa shape index (κ3) is 2.66. The van der Waals surface area contributed by atoms with Gasteiger partial charge in [0.25, 0.3) is 0 Å². The van der Waals surface area contributed by atoms with E-state index in [1.54, 1.807) is 6.07 Å². The Balaban J connectivity index is 1.81. The number of Topliss-reactive ketones (excluding diaryl/α,β-unsaturated/α-hetero) is 1. The molecule has 0 saturated heterocycles. The van der Waals surface area contributed by atoms with Gasteiger partial charge in [0, 0.05) is 22.7 Å². The fourth-order valence-electron chi connectivity index (χ4n) is 4.68. The lowest BCUT2D eigenvalue weighted by Gasteiger charge is -2.40. The molecular formula is C25H22FNO2. The molecule has 4 heteroatoms. The maximum Gasteiger partial charge on any atom is 0.164 e. The number of ether oxygens (including phenoxy) is 1. The molecule has 0 bridgehead atoms. The average molecular weight is 387 g/mol. The summed E-state index contributed by atoms with van der Waals surface area (Å²) in [5, 5.41) is 3.39. The Bertz CT molecular complexity index is 1150. The van der Waals surface area contributed by atoms with Crippen molar-refractivity contribution in [2.75, 3.05) is 5.32 Å². The lowest BCUT2D eigenvalue weighted by molar-refractivity contribution is -0.123. The van der Waals surface area contributed by atoms with Gasteiger partial charge in [0.1, 0.15) is 17.7 Å². The smallest absolute Gasteiger partial charge is 0.164 e. The van der Waals surface area contributed by atoms with E-state index in [0.29, 0.717) is 0 Å². The summed E-state index contributed by atoms with van der Waals surface area (Å²) in [6, 6.07) is 18.5. The van der Waals surface area contributed by atoms with E-state index in [9.17, 15) is 9.18 Å². The van der Waals surface area contributed by atoms with Gasteiger partial charge in [0.2, 0.25) is 0 Å². The summed E-state index contributed by atoms with van der Waals surface area (Å²) in [5.41, 5.74) is 4.93. The first-order valence-corrected chi connectivity index (χ1v) is 9.87. The van der Waals surface area contributed by atoms with Crippen molar-refractivity contribution in [3.63, 3.8) is 0 Å². The molecule has 29 heavy (non-hydrogen) atoms. The molecule has 2 atom stereocenters. The van der Waals surface area contributed by atoms with Crippen molar-refractivity contribution in [1.82, 2.24) is 0 Å². The molecule has 0 radical (unpaired) electrons. The van der Waals surface area contributed by atoms with Crippen molar-refractivity contribution in [2.24, 2.45) is 0 Å². The predicted octanol–water partition coefficient (Wildman–Crippen LogP) is 5.85. The minimum absolute atomic E-state index is 0.134. The van der Waals surface area contributed by atoms with Gasteiger partial charge in [0.05, 0.1) is 5.54 Å². The summed E-state index contributed by atoms with van der Waals surface area (Å²) in [7, 11) is 0. The second-order valence-electron chi connectivity index (χ2n) is 8.37. The highest BCUT2D eigenvalue weighted by molar-refractivity contribution is 6.01. The Kier molecular flexibility index (Phi) is 3.82. The summed E-state index contributed by atoms with van der Waals surface area (Å²) in [4.78, 5) is 13.1. The van der Waals surface area contributed by atoms with Crippen LogP contribution in [0.15, 0.2) is 60.7 Å². The van der Waals surface area contributed by atoms with Crippen molar-refractivity contribution < 1.29 is 13.9 Å². The van der Waals surface area contributed by atoms with E-state index in [2.05, 4.69) is 11.4 Å². The number of carbonyl (C=O) groups is 1. The second kappa shape index (κ2) is 6.18. The number of rotatable bonds is 1. The van der Waals surface area contributed by atoms with Crippen LogP contribution in [0.1, 0.15) is 49.5 Å². The Labute approximate surface area is 169 Å². The zero-order valence-corrected chi connectivity index (χ0v) is 16.6. The van der Waals surface area contributed by atoms with E-state index >= 15 is 0 Å². The zero-order valence-electron chi connectivity index (χ0n) is 16.6. The second-order valence-corrected chi connectivity index (χ2v) is 8.37. The minimum atomic E-state index is -0.636. The Morgan fingerprint density at radius 3 is 2.55 bits per heavy atom. The number of para-hydroxylation sites is 1. The van der Waals surface area contributed by atoms with Gasteiger partial charge in [-0.3, -0.25) is 4.79 Å². The SMILES string of the molecule is C[C@@H]1C(=O)C(C)(C)Nc2ccc3c(c21)[C@@H](c1cccc(F)c1)Oc1ccccc1-3. The lowest BCUT2D eigenvalue weighted by Crippen LogP contribution is -2.47. The maximum absolute atomic E-state index is 14.1. The molecule has 2 aliphatic heterocycles. The number of halogens is 1. The topological polar surface area (TPSA) is 38.3 Å². The standard InChI is InChI=1S/C25H22FNO2/c1-14-21-19(27-25(2,3)24(14)28)12-11-18-17-9-4-5-10-20(17)29-23(22(18)21)15-7-6-8-16(26)13-15/h4-14,23,27H,1-3H3/t14-,23+/m0/s1. The van der Waals surface area contributed by atoms with E-state index < -0.39 is 11.6 Å². The van der Waals surface area contributed by atoms with Crippen LogP contribution in [0.25, 0.3) is 11.1 Å². The molecule has 3 aromatic rings. The van der Waals surface area contributed by atoms with Gasteiger partial charge in [-0.05, 0) is 54.8 Å². The number of fused-ring (bicyclic) bond motifs is 5. The van der Waals surface area contributed by atoms with Crippen molar-refractivity contribution in [1.29, 1.82) is 0 Å². The van der Waals surface area contributed by atoms with Crippen LogP contribution in [-0.2, 0) is 4.79 Å². The molecule has 3 nitrogen and oxygen atoms in total. The minimum Gasteiger partial charge on any atom is -0.480 e. The van der Waals surface area contributed by atoms with Crippen LogP contribution in [0.4, 0.5) is 10.1 Å². The number of hydrogen-bond donors (Lipinski definition) is 1. The monoisotopic (exact) mass is 387 g/mol. The molecular weight excluding hydrogens is 365 g/mol. The number of hydrogen-bond acceptors (Lipinski definition) is 3. The third-order valence-electron chi connectivity index (χ3n) is 6.01. The van der Waals surface area contributed by atoms with Crippen molar-refractivity contribution in [3.05, 3.63) is 83.2 Å². The van der Waals surface area contributed by atoms with Crippen LogP contribution >= 0.6 is 0 Å². The fourth-order valence-corrected chi connectivity index (χ4v) is 4.68. The molecule has 0 saturated carbocycles. The largest absolute Gasteiger partial charge is 0.480 e. The third-order valence-corrected chi connectivity index (χ3v) is 6.01. The molecule has 0 aliphatic carbocycles. The fraction of sp³-hybridized carbons (Fsp3) is 0.240. The first-order chi connectivity index (χ1) is 13.9. The van der Waals surface area contributed by atoms with E-state index in [-0.39, 0.29) is 17.5 Å². The summed E-state index contributed by atoms with van der Waals surface area (Å²) >= 11 is 0. The molecule has 0 spiro atoms. The number of carbonyl (C=O) groups excluding carboxylic acids is 1. The Morgan fingerprint density at radius 2 is 1.76 bits per heavy atom. The van der Waals surface area contributed by atoms with Gasteiger partial charge >= 0.3 is 0 Å². The molecule has 3 aromatic carbocycles. The van der Waals surface area contributed by atoms with Crippen LogP contribution in [-0.4, -0.2) is 11.3 Å². The number of nitrogens with one attached hydrogen (secondary N) is 1. The molecule has 146 valence electrons. The first kappa shape index (κ1) is 17.9. The van der Waals surface area contributed by atoms with Crippen LogP contribution in [0.5, 0.6) is 5.75 Å². The predicted molar refractivity (Wildman–Crippen MR) is 112 cm³/mol. The van der Waals surface area contributed by atoms with E-state index in [4.69, 9.17) is 4.74 Å². The molecule has 0 fully saturated rings. The molecule has 0 amide bonds. The van der Waals surface area contributed by atoms with E-state index in [1.807, 2.05) is 57.2 Å². The lowest BCUT2D eigenvalue weighted by atomic mass is 9.74. The highest BCUT2D eigenvalue weighted by atomic mass is 19.1. The van der Waals surface area contributed by atoms with Gasteiger partial charge in [0.15, 0.2) is 5.78 Å². The number of anilines is 1. The maximum atomic E-state index is 14.1. The van der Waals surface area contributed by atoms with Crippen LogP contribution < -0.4 is 10.1 Å². The summed E-state index contributed by atoms with van der Waals surface area (Å²) in [5.74, 6) is 0.299. The van der Waals surface area contributed by atoms with E-state index in [1.165, 1.54) is 12.1 Å². The highest BCUT2D eigenvalue weighted by Gasteiger charge is 2.42. The molecule has 0 aromatic heterocycles. The molecule has 1 N–H and O–H groups in total. The first-order valence-electron chi connectivity index (χ1n) is 9.87. The Hall–Kier alpha value is -3.14. The normalized spacial score (nSPS) is 21.3. The van der Waals surface area contributed by atoms with Gasteiger partial charge in [-0.15, -0.1) is 0 Å². The van der Waals surface area contributed by atoms with Crippen LogP contribution in [0, 0.1) is 5.82 Å². The van der Waals surface area contributed by atoms with Crippen LogP contribution in [0.2, 0.25) is 0 Å². The average Bonchev–Trinajstić information content (AvgIpc) is 2.70. The number of ketones is 1. The molecule has 2 aliphatic rings. The molecule has 5 rings (SSSR count). The van der Waals surface area contributed by atoms with Crippen molar-refractivity contribution in [3.8, 4) is 16.9 Å². The summed E-state index contributed by atoms with van der Waals surface area (Å²) < 4.78 is 20.4. The Morgan fingerprint density at radius 1 is 0.966 bits per heavy atom. The highest BCUT2D eigenvalue weighted by Crippen LogP contribution is 2.51. The van der Waals surface area contributed by atoms with Gasteiger partial charge in [-0.25, -0.2) is 4.39 Å². The van der Waals surface area contributed by atoms with Crippen LogP contribution in [0.3, 0.4) is 0 Å². The van der Waals surface area contributed by atoms with E-state index in [0.717, 1.165) is 39.3 Å². The van der Waals surface area contributed by atoms with Crippen molar-refractivity contribution in [2.45, 2.75) is 38.3 Å². The number of benzene rings is 3. The molecule has 0 unspecified atom stereocenters. The van der Waals surface area contributed by atoms with Gasteiger partial charge in [-0.2, -0.15) is 0 Å².